The van der Waals surface area contributed by atoms with E-state index >= 15 is 0 Å². The number of allylic oxidation sites excluding steroid dienone is 1. The van der Waals surface area contributed by atoms with Crippen LogP contribution in [0.2, 0.25) is 0 Å². The van der Waals surface area contributed by atoms with Gasteiger partial charge in [-0.1, -0.05) is 42.8 Å². The number of likely N-dealkylation sites (tertiary alicyclic amines) is 1. The van der Waals surface area contributed by atoms with Crippen LogP contribution < -0.4 is 0 Å². The first-order valence-electron chi connectivity index (χ1n) is 6.24. The molecule has 2 heteroatoms. The molecule has 1 fully saturated rings. The largest absolute Gasteiger partial charge is 0.293 e. The van der Waals surface area contributed by atoms with Crippen molar-refractivity contribution in [1.29, 1.82) is 5.26 Å². The van der Waals surface area contributed by atoms with Crippen LogP contribution in [0.5, 0.6) is 0 Å². The molecule has 0 N–H and O–H groups in total. The number of piperidine rings is 1. The van der Waals surface area contributed by atoms with Crippen LogP contribution >= 0.6 is 0 Å². The summed E-state index contributed by atoms with van der Waals surface area (Å²) in [6, 6.07) is 13.1. The van der Waals surface area contributed by atoms with Crippen LogP contribution in [0.15, 0.2) is 42.5 Å². The van der Waals surface area contributed by atoms with Crippen molar-refractivity contribution >= 4 is 0 Å². The summed E-state index contributed by atoms with van der Waals surface area (Å²) in [6.07, 6.45) is 7.37. The summed E-state index contributed by atoms with van der Waals surface area (Å²) in [5.74, 6) is 0. The second kappa shape index (κ2) is 6.22. The van der Waals surface area contributed by atoms with Crippen molar-refractivity contribution in [3.8, 4) is 6.07 Å². The lowest BCUT2D eigenvalue weighted by Crippen LogP contribution is -2.37. The van der Waals surface area contributed by atoms with E-state index in [4.69, 9.17) is 5.26 Å². The van der Waals surface area contributed by atoms with Crippen LogP contribution in [0.3, 0.4) is 0 Å². The second-order valence-electron chi connectivity index (χ2n) is 4.51. The molecule has 1 saturated heterocycles. The van der Waals surface area contributed by atoms with Gasteiger partial charge in [0.1, 0.15) is 0 Å². The van der Waals surface area contributed by atoms with Crippen molar-refractivity contribution in [3.05, 3.63) is 48.0 Å². The Kier molecular flexibility index (Phi) is 4.35. The van der Waals surface area contributed by atoms with Crippen molar-refractivity contribution in [3.63, 3.8) is 0 Å². The van der Waals surface area contributed by atoms with Crippen LogP contribution in [0.1, 0.15) is 24.8 Å². The maximum absolute atomic E-state index is 8.62. The summed E-state index contributed by atoms with van der Waals surface area (Å²) < 4.78 is 0. The van der Waals surface area contributed by atoms with E-state index in [-0.39, 0.29) is 0 Å². The lowest BCUT2D eigenvalue weighted by atomic mass is 10.0. The molecule has 0 amide bonds. The molecule has 0 aromatic heterocycles. The molecule has 1 aromatic carbocycles. The molecular weight excluding hydrogens is 208 g/mol. The van der Waals surface area contributed by atoms with Gasteiger partial charge in [0.05, 0.1) is 6.07 Å². The third-order valence-electron chi connectivity index (χ3n) is 3.29. The molecule has 1 unspecified atom stereocenters. The fourth-order valence-corrected chi connectivity index (χ4v) is 2.40. The van der Waals surface area contributed by atoms with Gasteiger partial charge in [0.2, 0.25) is 0 Å². The zero-order valence-electron chi connectivity index (χ0n) is 10.0. The molecule has 88 valence electrons. The smallest absolute Gasteiger partial charge is 0.0909 e. The van der Waals surface area contributed by atoms with Gasteiger partial charge in [-0.05, 0) is 24.9 Å². The number of hydrogen-bond acceptors (Lipinski definition) is 2. The van der Waals surface area contributed by atoms with E-state index in [0.717, 1.165) is 13.1 Å². The Balaban J connectivity index is 2.02. The van der Waals surface area contributed by atoms with Crippen LogP contribution in [0.25, 0.3) is 0 Å². The normalized spacial score (nSPS) is 21.5. The zero-order chi connectivity index (χ0) is 11.9. The topological polar surface area (TPSA) is 27.0 Å². The van der Waals surface area contributed by atoms with Gasteiger partial charge in [0, 0.05) is 18.7 Å². The lowest BCUT2D eigenvalue weighted by molar-refractivity contribution is 0.172. The highest BCUT2D eigenvalue weighted by atomic mass is 15.2. The maximum Gasteiger partial charge on any atom is 0.0909 e. The van der Waals surface area contributed by atoms with Crippen molar-refractivity contribution in [2.24, 2.45) is 0 Å². The van der Waals surface area contributed by atoms with Gasteiger partial charge in [-0.3, -0.25) is 4.90 Å². The SMILES string of the molecule is N#CC=CC1CCCCN1Cc1ccccc1. The van der Waals surface area contributed by atoms with Gasteiger partial charge < -0.3 is 0 Å². The third kappa shape index (κ3) is 3.44. The molecule has 2 nitrogen and oxygen atoms in total. The van der Waals surface area contributed by atoms with Crippen LogP contribution in [-0.4, -0.2) is 17.5 Å². The van der Waals surface area contributed by atoms with Gasteiger partial charge in [0.15, 0.2) is 0 Å². The number of hydrogen-bond donors (Lipinski definition) is 0. The minimum atomic E-state index is 0.434. The summed E-state index contributed by atoms with van der Waals surface area (Å²) in [4.78, 5) is 2.46. The van der Waals surface area contributed by atoms with E-state index in [2.05, 4.69) is 35.2 Å². The van der Waals surface area contributed by atoms with Crippen molar-refractivity contribution in [2.75, 3.05) is 6.54 Å². The van der Waals surface area contributed by atoms with Crippen molar-refractivity contribution in [2.45, 2.75) is 31.8 Å². The highest BCUT2D eigenvalue weighted by Crippen LogP contribution is 2.20. The number of nitrogens with zero attached hydrogens (tertiary/aromatic N) is 2. The molecule has 1 aliphatic rings. The van der Waals surface area contributed by atoms with Gasteiger partial charge in [0.25, 0.3) is 0 Å². The average molecular weight is 226 g/mol. The Hall–Kier alpha value is -1.59. The second-order valence-corrected chi connectivity index (χ2v) is 4.51. The first kappa shape index (κ1) is 11.9. The van der Waals surface area contributed by atoms with Gasteiger partial charge in [-0.25, -0.2) is 0 Å². The molecule has 1 heterocycles. The van der Waals surface area contributed by atoms with Crippen LogP contribution in [-0.2, 0) is 6.54 Å². The highest BCUT2D eigenvalue weighted by Gasteiger charge is 2.19. The Bertz CT molecular complexity index is 403. The third-order valence-corrected chi connectivity index (χ3v) is 3.29. The molecule has 2 rings (SSSR count). The fourth-order valence-electron chi connectivity index (χ4n) is 2.40. The zero-order valence-corrected chi connectivity index (χ0v) is 10.0. The minimum absolute atomic E-state index is 0.434. The molecule has 0 spiro atoms. The Morgan fingerprint density at radius 1 is 1.29 bits per heavy atom. The minimum Gasteiger partial charge on any atom is -0.293 e. The summed E-state index contributed by atoms with van der Waals surface area (Å²) >= 11 is 0. The number of benzene rings is 1. The monoisotopic (exact) mass is 226 g/mol. The highest BCUT2D eigenvalue weighted by molar-refractivity contribution is 5.15. The molecule has 0 aliphatic carbocycles. The van der Waals surface area contributed by atoms with Crippen LogP contribution in [0, 0.1) is 11.3 Å². The van der Waals surface area contributed by atoms with E-state index in [0.29, 0.717) is 6.04 Å². The van der Waals surface area contributed by atoms with Crippen LogP contribution in [0.4, 0.5) is 0 Å². The summed E-state index contributed by atoms with van der Waals surface area (Å²) in [5, 5.41) is 8.62. The fraction of sp³-hybridized carbons (Fsp3) is 0.400. The van der Waals surface area contributed by atoms with E-state index in [1.807, 2.05) is 12.1 Å². The standard InChI is InChI=1S/C15H18N2/c16-11-6-10-15-9-4-5-12-17(15)13-14-7-2-1-3-8-14/h1-3,6-8,10,15H,4-5,9,12-13H2. The average Bonchev–Trinajstić information content (AvgIpc) is 2.39. The maximum atomic E-state index is 8.62. The molecule has 0 radical (unpaired) electrons. The van der Waals surface area contributed by atoms with Gasteiger partial charge >= 0.3 is 0 Å². The van der Waals surface area contributed by atoms with E-state index in [1.54, 1.807) is 6.08 Å². The predicted octanol–water partition coefficient (Wildman–Crippen LogP) is 3.12. The quantitative estimate of drug-likeness (QED) is 0.740. The molecule has 1 aromatic rings. The Labute approximate surface area is 103 Å². The molecule has 1 aliphatic heterocycles. The molecule has 17 heavy (non-hydrogen) atoms. The van der Waals surface area contributed by atoms with E-state index < -0.39 is 0 Å². The van der Waals surface area contributed by atoms with Gasteiger partial charge in [-0.2, -0.15) is 5.26 Å². The molecule has 0 bridgehead atoms. The summed E-state index contributed by atoms with van der Waals surface area (Å²) in [5.41, 5.74) is 1.35. The molecular formula is C15H18N2. The summed E-state index contributed by atoms with van der Waals surface area (Å²) in [6.45, 7) is 2.12. The first-order chi connectivity index (χ1) is 8.40. The number of rotatable bonds is 3. The lowest BCUT2D eigenvalue weighted by Gasteiger charge is -2.33. The Morgan fingerprint density at radius 2 is 2.12 bits per heavy atom. The van der Waals surface area contributed by atoms with Crippen molar-refractivity contribution < 1.29 is 0 Å². The predicted molar refractivity (Wildman–Crippen MR) is 69.2 cm³/mol. The number of nitriles is 1. The molecule has 1 atom stereocenters. The summed E-state index contributed by atoms with van der Waals surface area (Å²) in [7, 11) is 0. The molecule has 0 saturated carbocycles. The first-order valence-corrected chi connectivity index (χ1v) is 6.24. The van der Waals surface area contributed by atoms with Gasteiger partial charge in [-0.15, -0.1) is 0 Å². The Morgan fingerprint density at radius 3 is 2.88 bits per heavy atom. The van der Waals surface area contributed by atoms with Crippen molar-refractivity contribution in [1.82, 2.24) is 4.90 Å². The van der Waals surface area contributed by atoms with E-state index in [1.165, 1.54) is 24.8 Å². The van der Waals surface area contributed by atoms with E-state index in [9.17, 15) is 0 Å².